The van der Waals surface area contributed by atoms with E-state index in [2.05, 4.69) is 18.1 Å². The van der Waals surface area contributed by atoms with E-state index in [1.807, 2.05) is 19.2 Å². The molecule has 0 bridgehead atoms. The molecule has 18 heavy (non-hydrogen) atoms. The smallest absolute Gasteiger partial charge is 0.240 e. The zero-order valence-corrected chi connectivity index (χ0v) is 10.6. The van der Waals surface area contributed by atoms with Crippen molar-refractivity contribution in [3.63, 3.8) is 0 Å². The molecule has 1 aromatic rings. The third-order valence-electron chi connectivity index (χ3n) is 3.57. The van der Waals surface area contributed by atoms with Gasteiger partial charge in [-0.15, -0.1) is 12.3 Å². The van der Waals surface area contributed by atoms with Crippen LogP contribution >= 0.6 is 0 Å². The Kier molecular flexibility index (Phi) is 3.69. The van der Waals surface area contributed by atoms with Crippen molar-refractivity contribution in [1.29, 1.82) is 0 Å². The van der Waals surface area contributed by atoms with Gasteiger partial charge in [0.2, 0.25) is 5.91 Å². The van der Waals surface area contributed by atoms with Crippen LogP contribution in [0.15, 0.2) is 24.3 Å². The Hall–Kier alpha value is -1.79. The Morgan fingerprint density at radius 3 is 3.06 bits per heavy atom. The van der Waals surface area contributed by atoms with Crippen molar-refractivity contribution in [2.45, 2.75) is 31.3 Å². The molecule has 2 rings (SSSR count). The van der Waals surface area contributed by atoms with E-state index in [1.165, 1.54) is 11.1 Å². The molecule has 0 saturated heterocycles. The molecule has 0 spiro atoms. The first-order valence-electron chi connectivity index (χ1n) is 6.18. The minimum absolute atomic E-state index is 0.0744. The van der Waals surface area contributed by atoms with Crippen LogP contribution in [0.3, 0.4) is 0 Å². The summed E-state index contributed by atoms with van der Waals surface area (Å²) in [6, 6.07) is 7.80. The molecule has 0 heterocycles. The fourth-order valence-corrected chi connectivity index (χ4v) is 2.57. The number of rotatable bonds is 3. The maximum atomic E-state index is 12.1. The molecule has 0 aliphatic heterocycles. The molecule has 94 valence electrons. The van der Waals surface area contributed by atoms with Crippen molar-refractivity contribution >= 4 is 5.91 Å². The molecule has 3 heteroatoms. The Morgan fingerprint density at radius 1 is 1.61 bits per heavy atom. The molecule has 1 aliphatic carbocycles. The van der Waals surface area contributed by atoms with Gasteiger partial charge in [-0.1, -0.05) is 24.3 Å². The molecule has 0 radical (unpaired) electrons. The quantitative estimate of drug-likeness (QED) is 0.816. The van der Waals surface area contributed by atoms with Gasteiger partial charge in [-0.05, 0) is 24.0 Å². The highest BCUT2D eigenvalue weighted by Crippen LogP contribution is 2.34. The lowest BCUT2D eigenvalue weighted by Crippen LogP contribution is -2.42. The number of nitrogens with two attached hydrogens (primary N) is 1. The highest BCUT2D eigenvalue weighted by Gasteiger charge is 2.30. The van der Waals surface area contributed by atoms with E-state index < -0.39 is 6.04 Å². The summed E-state index contributed by atoms with van der Waals surface area (Å²) in [5, 5.41) is 0. The zero-order valence-electron chi connectivity index (χ0n) is 10.6. The molecule has 0 fully saturated rings. The van der Waals surface area contributed by atoms with Crippen LogP contribution in [-0.2, 0) is 11.2 Å². The SMILES string of the molecule is C#CCC(N)C(=O)N(C)C1CCc2ccccc21. The van der Waals surface area contributed by atoms with E-state index >= 15 is 0 Å². The van der Waals surface area contributed by atoms with E-state index in [0.29, 0.717) is 0 Å². The number of terminal acetylenes is 1. The number of amides is 1. The highest BCUT2D eigenvalue weighted by molar-refractivity contribution is 5.82. The van der Waals surface area contributed by atoms with Gasteiger partial charge in [0.25, 0.3) is 0 Å². The van der Waals surface area contributed by atoms with Crippen LogP contribution in [-0.4, -0.2) is 23.9 Å². The summed E-state index contributed by atoms with van der Waals surface area (Å²) >= 11 is 0. The van der Waals surface area contributed by atoms with Crippen molar-refractivity contribution in [2.24, 2.45) is 5.73 Å². The number of benzene rings is 1. The number of fused-ring (bicyclic) bond motifs is 1. The number of carbonyl (C=O) groups excluding carboxylic acids is 1. The Bertz CT molecular complexity index is 490. The number of hydrogen-bond acceptors (Lipinski definition) is 2. The Morgan fingerprint density at radius 2 is 2.33 bits per heavy atom. The van der Waals surface area contributed by atoms with Gasteiger partial charge in [0.15, 0.2) is 0 Å². The summed E-state index contributed by atoms with van der Waals surface area (Å²) in [6.07, 6.45) is 7.47. The summed E-state index contributed by atoms with van der Waals surface area (Å²) in [5.74, 6) is 2.37. The van der Waals surface area contributed by atoms with Gasteiger partial charge in [-0.3, -0.25) is 4.79 Å². The summed E-state index contributed by atoms with van der Waals surface area (Å²) in [4.78, 5) is 13.9. The van der Waals surface area contributed by atoms with Gasteiger partial charge in [0.1, 0.15) is 0 Å². The monoisotopic (exact) mass is 242 g/mol. The molecule has 2 atom stereocenters. The zero-order chi connectivity index (χ0) is 13.1. The molecule has 0 aromatic heterocycles. The fraction of sp³-hybridized carbons (Fsp3) is 0.400. The molecular weight excluding hydrogens is 224 g/mol. The maximum absolute atomic E-state index is 12.1. The first-order chi connectivity index (χ1) is 8.65. The standard InChI is InChI=1S/C15H18N2O/c1-3-6-13(16)15(18)17(2)14-10-9-11-7-4-5-8-12(11)14/h1,4-5,7-8,13-14H,6,9-10,16H2,2H3. The minimum atomic E-state index is -0.590. The van der Waals surface area contributed by atoms with Crippen molar-refractivity contribution in [2.75, 3.05) is 7.05 Å². The first-order valence-corrected chi connectivity index (χ1v) is 6.18. The molecule has 1 amide bonds. The number of carbonyl (C=O) groups is 1. The predicted octanol–water partition coefficient (Wildman–Crippen LogP) is 1.48. The topological polar surface area (TPSA) is 46.3 Å². The largest absolute Gasteiger partial charge is 0.337 e. The van der Waals surface area contributed by atoms with Gasteiger partial charge in [0.05, 0.1) is 12.1 Å². The summed E-state index contributed by atoms with van der Waals surface area (Å²) in [5.41, 5.74) is 8.35. The van der Waals surface area contributed by atoms with E-state index in [1.54, 1.807) is 4.90 Å². The second kappa shape index (κ2) is 5.24. The third-order valence-corrected chi connectivity index (χ3v) is 3.57. The van der Waals surface area contributed by atoms with Gasteiger partial charge >= 0.3 is 0 Å². The average molecular weight is 242 g/mol. The van der Waals surface area contributed by atoms with Crippen LogP contribution in [0.4, 0.5) is 0 Å². The van der Waals surface area contributed by atoms with Crippen molar-refractivity contribution in [3.05, 3.63) is 35.4 Å². The normalized spacial score (nSPS) is 18.8. The van der Waals surface area contributed by atoms with Crippen molar-refractivity contribution in [1.82, 2.24) is 4.90 Å². The number of nitrogens with zero attached hydrogens (tertiary/aromatic N) is 1. The summed E-state index contributed by atoms with van der Waals surface area (Å²) in [6.45, 7) is 0. The molecule has 3 nitrogen and oxygen atoms in total. The van der Waals surface area contributed by atoms with Crippen LogP contribution in [0.2, 0.25) is 0 Å². The number of aryl methyl sites for hydroxylation is 1. The van der Waals surface area contributed by atoms with Crippen LogP contribution in [0.5, 0.6) is 0 Å². The maximum Gasteiger partial charge on any atom is 0.240 e. The van der Waals surface area contributed by atoms with Crippen LogP contribution in [0, 0.1) is 12.3 Å². The summed E-state index contributed by atoms with van der Waals surface area (Å²) < 4.78 is 0. The van der Waals surface area contributed by atoms with Crippen molar-refractivity contribution in [3.8, 4) is 12.3 Å². The molecule has 2 N–H and O–H groups in total. The third kappa shape index (κ3) is 2.25. The number of likely N-dealkylation sites (N-methyl/N-ethyl adjacent to an activating group) is 1. The second-order valence-electron chi connectivity index (χ2n) is 4.72. The van der Waals surface area contributed by atoms with E-state index in [9.17, 15) is 4.79 Å². The molecule has 0 saturated carbocycles. The highest BCUT2D eigenvalue weighted by atomic mass is 16.2. The van der Waals surface area contributed by atoms with E-state index in [0.717, 1.165) is 12.8 Å². The average Bonchev–Trinajstić information content (AvgIpc) is 2.81. The fourth-order valence-electron chi connectivity index (χ4n) is 2.57. The van der Waals surface area contributed by atoms with Gasteiger partial charge in [-0.2, -0.15) is 0 Å². The van der Waals surface area contributed by atoms with Crippen molar-refractivity contribution < 1.29 is 4.79 Å². The first kappa shape index (κ1) is 12.7. The van der Waals surface area contributed by atoms with E-state index in [-0.39, 0.29) is 18.4 Å². The molecule has 1 aromatic carbocycles. The molecular formula is C15H18N2O. The van der Waals surface area contributed by atoms with E-state index in [4.69, 9.17) is 12.2 Å². The number of hydrogen-bond donors (Lipinski definition) is 1. The van der Waals surface area contributed by atoms with Gasteiger partial charge in [0, 0.05) is 13.5 Å². The van der Waals surface area contributed by atoms with Gasteiger partial charge < -0.3 is 10.6 Å². The van der Waals surface area contributed by atoms with Gasteiger partial charge in [-0.25, -0.2) is 0 Å². The predicted molar refractivity (Wildman–Crippen MR) is 71.7 cm³/mol. The molecule has 2 unspecified atom stereocenters. The Balaban J connectivity index is 2.14. The van der Waals surface area contributed by atoms with Crippen LogP contribution < -0.4 is 5.73 Å². The van der Waals surface area contributed by atoms with Crippen LogP contribution in [0.1, 0.15) is 30.0 Å². The second-order valence-corrected chi connectivity index (χ2v) is 4.72. The lowest BCUT2D eigenvalue weighted by Gasteiger charge is -2.27. The lowest BCUT2D eigenvalue weighted by molar-refractivity contribution is -0.133. The summed E-state index contributed by atoms with van der Waals surface area (Å²) in [7, 11) is 1.81. The Labute approximate surface area is 108 Å². The minimum Gasteiger partial charge on any atom is -0.337 e. The molecule has 1 aliphatic rings. The van der Waals surface area contributed by atoms with Crippen LogP contribution in [0.25, 0.3) is 0 Å². The lowest BCUT2D eigenvalue weighted by atomic mass is 10.1.